The third-order valence-electron chi connectivity index (χ3n) is 5.88. The molecule has 0 N–H and O–H groups in total. The quantitative estimate of drug-likeness (QED) is 0.684. The van der Waals surface area contributed by atoms with Crippen LogP contribution >= 0.6 is 15.9 Å². The average Bonchev–Trinajstić information content (AvgIpc) is 2.44. The smallest absolute Gasteiger partial charge is 0.161 e. The van der Waals surface area contributed by atoms with Crippen molar-refractivity contribution < 1.29 is 4.79 Å². The van der Waals surface area contributed by atoms with Gasteiger partial charge in [-0.3, -0.25) is 4.79 Å². The van der Waals surface area contributed by atoms with Gasteiger partial charge >= 0.3 is 0 Å². The monoisotopic (exact) mass is 344 g/mol. The van der Waals surface area contributed by atoms with E-state index < -0.39 is 0 Å². The number of ketones is 1. The molecular weight excluding hydrogens is 324 g/mol. The molecule has 0 saturated heterocycles. The van der Waals surface area contributed by atoms with E-state index in [9.17, 15) is 4.79 Å². The van der Waals surface area contributed by atoms with Crippen molar-refractivity contribution in [3.63, 3.8) is 0 Å². The second-order valence-electron chi connectivity index (χ2n) is 7.42. The molecule has 0 amide bonds. The minimum absolute atomic E-state index is 0.00743. The van der Waals surface area contributed by atoms with Gasteiger partial charge in [-0.15, -0.1) is 0 Å². The Morgan fingerprint density at radius 2 is 1.62 bits per heavy atom. The van der Waals surface area contributed by atoms with E-state index in [1.807, 2.05) is 36.4 Å². The molecular formula is C19H21BrO. The number of carbonyl (C=O) groups is 1. The number of allylic oxidation sites excluding steroid dienone is 1. The van der Waals surface area contributed by atoms with E-state index in [0.717, 1.165) is 47.1 Å². The SMILES string of the molecule is O=C(C=Cc1ccccc1Br)C12CC3CC(CC(C3)C1)C2. The van der Waals surface area contributed by atoms with Gasteiger partial charge in [-0.05, 0) is 74.0 Å². The molecule has 0 unspecified atom stereocenters. The molecule has 2 heteroatoms. The summed E-state index contributed by atoms with van der Waals surface area (Å²) in [5, 5.41) is 0. The molecule has 5 rings (SSSR count). The standard InChI is InChI=1S/C19H21BrO/c20-17-4-2-1-3-16(17)5-6-18(21)19-10-13-7-14(11-19)9-15(8-13)12-19/h1-6,13-15H,7-12H2. The average molecular weight is 345 g/mol. The first-order valence-electron chi connectivity index (χ1n) is 8.12. The van der Waals surface area contributed by atoms with Crippen LogP contribution in [0.5, 0.6) is 0 Å². The van der Waals surface area contributed by atoms with E-state index >= 15 is 0 Å². The van der Waals surface area contributed by atoms with Gasteiger partial charge in [0.1, 0.15) is 0 Å². The van der Waals surface area contributed by atoms with Gasteiger partial charge in [0.25, 0.3) is 0 Å². The normalized spacial score (nSPS) is 37.3. The first-order valence-corrected chi connectivity index (χ1v) is 8.91. The minimum Gasteiger partial charge on any atom is -0.294 e. The Bertz CT molecular complexity index is 566. The second kappa shape index (κ2) is 5.08. The van der Waals surface area contributed by atoms with Crippen LogP contribution in [0, 0.1) is 23.2 Å². The summed E-state index contributed by atoms with van der Waals surface area (Å²) in [6.07, 6.45) is 11.5. The molecule has 1 nitrogen and oxygen atoms in total. The highest BCUT2D eigenvalue weighted by molar-refractivity contribution is 9.10. The lowest BCUT2D eigenvalue weighted by Gasteiger charge is -2.55. The van der Waals surface area contributed by atoms with E-state index in [1.165, 1.54) is 19.3 Å². The first kappa shape index (κ1) is 13.8. The fraction of sp³-hybridized carbons (Fsp3) is 0.526. The summed E-state index contributed by atoms with van der Waals surface area (Å²) in [5.74, 6) is 2.88. The lowest BCUT2D eigenvalue weighted by molar-refractivity contribution is -0.138. The third-order valence-corrected chi connectivity index (χ3v) is 6.60. The van der Waals surface area contributed by atoms with E-state index in [1.54, 1.807) is 0 Å². The molecule has 0 heterocycles. The summed E-state index contributed by atoms with van der Waals surface area (Å²) in [6, 6.07) is 8.09. The molecule has 1 aromatic carbocycles. The van der Waals surface area contributed by atoms with E-state index in [4.69, 9.17) is 0 Å². The minimum atomic E-state index is -0.00743. The van der Waals surface area contributed by atoms with Crippen LogP contribution in [0.2, 0.25) is 0 Å². The van der Waals surface area contributed by atoms with E-state index in [2.05, 4.69) is 15.9 Å². The molecule has 0 aromatic heterocycles. The van der Waals surface area contributed by atoms with Crippen molar-refractivity contribution in [3.8, 4) is 0 Å². The second-order valence-corrected chi connectivity index (χ2v) is 8.27. The van der Waals surface area contributed by atoms with Gasteiger partial charge < -0.3 is 0 Å². The van der Waals surface area contributed by atoms with Crippen molar-refractivity contribution in [2.75, 3.05) is 0 Å². The van der Waals surface area contributed by atoms with Gasteiger partial charge in [0, 0.05) is 9.89 Å². The van der Waals surface area contributed by atoms with Gasteiger partial charge in [0.15, 0.2) is 5.78 Å². The summed E-state index contributed by atoms with van der Waals surface area (Å²) in [7, 11) is 0. The fourth-order valence-electron chi connectivity index (χ4n) is 5.36. The van der Waals surface area contributed by atoms with Crippen molar-refractivity contribution in [2.24, 2.45) is 23.2 Å². The Labute approximate surface area is 134 Å². The largest absolute Gasteiger partial charge is 0.294 e. The lowest BCUT2D eigenvalue weighted by atomic mass is 9.48. The number of halogens is 1. The van der Waals surface area contributed by atoms with Crippen LogP contribution < -0.4 is 0 Å². The van der Waals surface area contributed by atoms with E-state index in [-0.39, 0.29) is 5.41 Å². The number of carbonyl (C=O) groups excluding carboxylic acids is 1. The van der Waals surface area contributed by atoms with Crippen LogP contribution in [0.4, 0.5) is 0 Å². The van der Waals surface area contributed by atoms with Crippen LogP contribution in [0.25, 0.3) is 6.08 Å². The summed E-state index contributed by atoms with van der Waals surface area (Å²) in [4.78, 5) is 12.9. The lowest BCUT2D eigenvalue weighted by Crippen LogP contribution is -2.49. The maximum absolute atomic E-state index is 12.9. The molecule has 21 heavy (non-hydrogen) atoms. The Morgan fingerprint density at radius 3 is 2.19 bits per heavy atom. The van der Waals surface area contributed by atoms with Gasteiger partial charge in [-0.2, -0.15) is 0 Å². The maximum atomic E-state index is 12.9. The highest BCUT2D eigenvalue weighted by Crippen LogP contribution is 2.60. The first-order chi connectivity index (χ1) is 10.1. The van der Waals surface area contributed by atoms with Crippen LogP contribution in [0.3, 0.4) is 0 Å². The third kappa shape index (κ3) is 2.42. The zero-order chi connectivity index (χ0) is 14.4. The van der Waals surface area contributed by atoms with Gasteiger partial charge in [0.05, 0.1) is 0 Å². The van der Waals surface area contributed by atoms with E-state index in [0.29, 0.717) is 5.78 Å². The molecule has 4 saturated carbocycles. The van der Waals surface area contributed by atoms with Gasteiger partial charge in [-0.1, -0.05) is 40.2 Å². The molecule has 0 atom stereocenters. The topological polar surface area (TPSA) is 17.1 Å². The van der Waals surface area contributed by atoms with Gasteiger partial charge in [-0.25, -0.2) is 0 Å². The molecule has 4 aliphatic carbocycles. The highest BCUT2D eigenvalue weighted by Gasteiger charge is 2.53. The van der Waals surface area contributed by atoms with Crippen molar-refractivity contribution in [3.05, 3.63) is 40.4 Å². The zero-order valence-electron chi connectivity index (χ0n) is 12.2. The Morgan fingerprint density at radius 1 is 1.05 bits per heavy atom. The van der Waals surface area contributed by atoms with Crippen molar-refractivity contribution in [2.45, 2.75) is 38.5 Å². The fourth-order valence-corrected chi connectivity index (χ4v) is 5.78. The van der Waals surface area contributed by atoms with Crippen LogP contribution in [-0.2, 0) is 4.79 Å². The molecule has 0 aliphatic heterocycles. The van der Waals surface area contributed by atoms with Crippen molar-refractivity contribution >= 4 is 27.8 Å². The molecule has 4 aliphatic rings. The Kier molecular flexibility index (Phi) is 3.33. The Hall–Kier alpha value is -0.890. The van der Waals surface area contributed by atoms with Crippen LogP contribution in [-0.4, -0.2) is 5.78 Å². The number of hydrogen-bond donors (Lipinski definition) is 0. The van der Waals surface area contributed by atoms with Crippen LogP contribution in [0.15, 0.2) is 34.8 Å². The summed E-state index contributed by atoms with van der Waals surface area (Å²) >= 11 is 3.55. The zero-order valence-corrected chi connectivity index (χ0v) is 13.8. The Balaban J connectivity index is 1.56. The predicted molar refractivity (Wildman–Crippen MR) is 88.8 cm³/mol. The molecule has 4 fully saturated rings. The number of benzene rings is 1. The van der Waals surface area contributed by atoms with Crippen molar-refractivity contribution in [1.29, 1.82) is 0 Å². The number of hydrogen-bond acceptors (Lipinski definition) is 1. The summed E-state index contributed by atoms with van der Waals surface area (Å²) in [5.41, 5.74) is 1.09. The molecule has 0 spiro atoms. The molecule has 4 bridgehead atoms. The summed E-state index contributed by atoms with van der Waals surface area (Å²) in [6.45, 7) is 0. The highest BCUT2D eigenvalue weighted by atomic mass is 79.9. The maximum Gasteiger partial charge on any atom is 0.161 e. The predicted octanol–water partition coefficient (Wildman–Crippen LogP) is 5.25. The van der Waals surface area contributed by atoms with Gasteiger partial charge in [0.2, 0.25) is 0 Å². The van der Waals surface area contributed by atoms with Crippen molar-refractivity contribution in [1.82, 2.24) is 0 Å². The van der Waals surface area contributed by atoms with Crippen LogP contribution in [0.1, 0.15) is 44.1 Å². The molecule has 110 valence electrons. The molecule has 1 aromatic rings. The molecule has 0 radical (unpaired) electrons. The number of rotatable bonds is 3. The summed E-state index contributed by atoms with van der Waals surface area (Å²) < 4.78 is 1.06.